The maximum atomic E-state index is 11.1. The average Bonchev–Trinajstić information content (AvgIpc) is 2.37. The van der Waals surface area contributed by atoms with Crippen molar-refractivity contribution in [1.82, 2.24) is 15.5 Å². The lowest BCUT2D eigenvalue weighted by Gasteiger charge is -2.37. The minimum atomic E-state index is 0.155. The molecule has 1 rings (SSSR count). The van der Waals surface area contributed by atoms with Crippen LogP contribution in [0.4, 0.5) is 0 Å². The molecule has 0 aromatic rings. The van der Waals surface area contributed by atoms with Crippen LogP contribution < -0.4 is 10.6 Å². The minimum absolute atomic E-state index is 0.155. The Labute approximate surface area is 111 Å². The number of hydrogen-bond donors (Lipinski definition) is 2. The standard InChI is InChI=1S/C14H29N3O/c1-4-8-16-13-7-10-17(11-12(13)2)9-5-6-14(18)15-3/h12-13,16H,4-11H2,1-3H3,(H,15,18). The fraction of sp³-hybridized carbons (Fsp3) is 0.929. The van der Waals surface area contributed by atoms with Gasteiger partial charge in [-0.2, -0.15) is 0 Å². The van der Waals surface area contributed by atoms with Crippen molar-refractivity contribution in [3.05, 3.63) is 0 Å². The molecule has 2 unspecified atom stereocenters. The average molecular weight is 255 g/mol. The van der Waals surface area contributed by atoms with Gasteiger partial charge in [0.05, 0.1) is 0 Å². The molecule has 1 aliphatic heterocycles. The van der Waals surface area contributed by atoms with Gasteiger partial charge in [-0.3, -0.25) is 4.79 Å². The molecule has 0 aliphatic carbocycles. The second-order valence-corrected chi connectivity index (χ2v) is 5.40. The predicted octanol–water partition coefficient (Wildman–Crippen LogP) is 1.22. The first kappa shape index (κ1) is 15.4. The Balaban J connectivity index is 2.18. The monoisotopic (exact) mass is 255 g/mol. The summed E-state index contributed by atoms with van der Waals surface area (Å²) in [5, 5.41) is 6.31. The SMILES string of the molecule is CCCNC1CCN(CCCC(=O)NC)CC1C. The molecule has 2 atom stereocenters. The first-order valence-corrected chi connectivity index (χ1v) is 7.33. The smallest absolute Gasteiger partial charge is 0.219 e. The summed E-state index contributed by atoms with van der Waals surface area (Å²) in [6.07, 6.45) is 4.07. The lowest BCUT2D eigenvalue weighted by molar-refractivity contribution is -0.120. The van der Waals surface area contributed by atoms with E-state index in [0.29, 0.717) is 18.4 Å². The summed E-state index contributed by atoms with van der Waals surface area (Å²) in [6.45, 7) is 9.06. The summed E-state index contributed by atoms with van der Waals surface area (Å²) in [5.74, 6) is 0.868. The van der Waals surface area contributed by atoms with Gasteiger partial charge in [0.2, 0.25) is 5.91 Å². The lowest BCUT2D eigenvalue weighted by atomic mass is 9.93. The Bertz CT molecular complexity index is 245. The Hall–Kier alpha value is -0.610. The van der Waals surface area contributed by atoms with E-state index in [9.17, 15) is 4.79 Å². The quantitative estimate of drug-likeness (QED) is 0.719. The second kappa shape index (κ2) is 8.48. The fourth-order valence-electron chi connectivity index (χ4n) is 2.66. The molecule has 0 aromatic carbocycles. The Kier molecular flexibility index (Phi) is 7.28. The predicted molar refractivity (Wildman–Crippen MR) is 75.6 cm³/mol. The van der Waals surface area contributed by atoms with Gasteiger partial charge in [0.15, 0.2) is 0 Å². The normalized spacial score (nSPS) is 25.1. The zero-order valence-corrected chi connectivity index (χ0v) is 12.2. The summed E-state index contributed by atoms with van der Waals surface area (Å²) < 4.78 is 0. The molecule has 0 spiro atoms. The third kappa shape index (κ3) is 5.36. The minimum Gasteiger partial charge on any atom is -0.359 e. The third-order valence-electron chi connectivity index (χ3n) is 3.80. The van der Waals surface area contributed by atoms with Gasteiger partial charge in [0.25, 0.3) is 0 Å². The second-order valence-electron chi connectivity index (χ2n) is 5.40. The highest BCUT2D eigenvalue weighted by Gasteiger charge is 2.24. The van der Waals surface area contributed by atoms with E-state index in [0.717, 1.165) is 26.1 Å². The number of rotatable bonds is 7. The van der Waals surface area contributed by atoms with E-state index in [1.807, 2.05) is 0 Å². The van der Waals surface area contributed by atoms with Gasteiger partial charge in [0.1, 0.15) is 0 Å². The molecule has 0 bridgehead atoms. The van der Waals surface area contributed by atoms with Crippen molar-refractivity contribution < 1.29 is 4.79 Å². The zero-order chi connectivity index (χ0) is 13.4. The van der Waals surface area contributed by atoms with Crippen LogP contribution in [0.5, 0.6) is 0 Å². The van der Waals surface area contributed by atoms with Crippen LogP contribution in [0, 0.1) is 5.92 Å². The van der Waals surface area contributed by atoms with Gasteiger partial charge in [0, 0.05) is 26.1 Å². The summed E-state index contributed by atoms with van der Waals surface area (Å²) in [6, 6.07) is 0.681. The summed E-state index contributed by atoms with van der Waals surface area (Å²) in [5.41, 5.74) is 0. The van der Waals surface area contributed by atoms with Crippen LogP contribution in [0.1, 0.15) is 39.5 Å². The molecule has 1 aliphatic rings. The first-order valence-electron chi connectivity index (χ1n) is 7.33. The van der Waals surface area contributed by atoms with Crippen molar-refractivity contribution in [2.24, 2.45) is 5.92 Å². The van der Waals surface area contributed by atoms with Crippen LogP contribution in [-0.4, -0.2) is 50.1 Å². The van der Waals surface area contributed by atoms with Crippen molar-refractivity contribution in [2.45, 2.75) is 45.6 Å². The summed E-state index contributed by atoms with van der Waals surface area (Å²) in [4.78, 5) is 13.6. The van der Waals surface area contributed by atoms with Crippen molar-refractivity contribution in [3.63, 3.8) is 0 Å². The molecule has 1 saturated heterocycles. The zero-order valence-electron chi connectivity index (χ0n) is 12.2. The maximum Gasteiger partial charge on any atom is 0.219 e. The molecule has 0 radical (unpaired) electrons. The largest absolute Gasteiger partial charge is 0.359 e. The van der Waals surface area contributed by atoms with Crippen LogP contribution in [0.2, 0.25) is 0 Å². The number of nitrogens with one attached hydrogen (secondary N) is 2. The highest BCUT2D eigenvalue weighted by atomic mass is 16.1. The molecule has 0 aromatic heterocycles. The van der Waals surface area contributed by atoms with Crippen molar-refractivity contribution >= 4 is 5.91 Å². The first-order chi connectivity index (χ1) is 8.67. The van der Waals surface area contributed by atoms with Crippen LogP contribution in [0.15, 0.2) is 0 Å². The van der Waals surface area contributed by atoms with Gasteiger partial charge < -0.3 is 15.5 Å². The number of nitrogens with zero attached hydrogens (tertiary/aromatic N) is 1. The van der Waals surface area contributed by atoms with E-state index in [1.165, 1.54) is 19.4 Å². The number of carbonyl (C=O) groups excluding carboxylic acids is 1. The Morgan fingerprint density at radius 1 is 1.44 bits per heavy atom. The molecule has 106 valence electrons. The number of hydrogen-bond acceptors (Lipinski definition) is 3. The van der Waals surface area contributed by atoms with E-state index in [4.69, 9.17) is 0 Å². The van der Waals surface area contributed by atoms with E-state index in [2.05, 4.69) is 29.4 Å². The summed E-state index contributed by atoms with van der Waals surface area (Å²) >= 11 is 0. The van der Waals surface area contributed by atoms with Gasteiger partial charge in [-0.25, -0.2) is 0 Å². The van der Waals surface area contributed by atoms with Crippen molar-refractivity contribution in [1.29, 1.82) is 0 Å². The Morgan fingerprint density at radius 3 is 2.83 bits per heavy atom. The topological polar surface area (TPSA) is 44.4 Å². The number of amides is 1. The highest BCUT2D eigenvalue weighted by Crippen LogP contribution is 2.17. The number of likely N-dealkylation sites (tertiary alicyclic amines) is 1. The molecule has 1 heterocycles. The molecular formula is C14H29N3O. The van der Waals surface area contributed by atoms with Crippen molar-refractivity contribution in [3.8, 4) is 0 Å². The maximum absolute atomic E-state index is 11.1. The highest BCUT2D eigenvalue weighted by molar-refractivity contribution is 5.75. The van der Waals surface area contributed by atoms with Crippen molar-refractivity contribution in [2.75, 3.05) is 33.2 Å². The molecular weight excluding hydrogens is 226 g/mol. The molecule has 18 heavy (non-hydrogen) atoms. The van der Waals surface area contributed by atoms with Gasteiger partial charge in [-0.15, -0.1) is 0 Å². The molecule has 2 N–H and O–H groups in total. The lowest BCUT2D eigenvalue weighted by Crippen LogP contribution is -2.48. The molecule has 0 saturated carbocycles. The van der Waals surface area contributed by atoms with Crippen LogP contribution >= 0.6 is 0 Å². The van der Waals surface area contributed by atoms with Gasteiger partial charge >= 0.3 is 0 Å². The number of piperidine rings is 1. The molecule has 1 fully saturated rings. The molecule has 1 amide bonds. The van der Waals surface area contributed by atoms with E-state index >= 15 is 0 Å². The van der Waals surface area contributed by atoms with E-state index in [1.54, 1.807) is 7.05 Å². The molecule has 4 nitrogen and oxygen atoms in total. The van der Waals surface area contributed by atoms with E-state index in [-0.39, 0.29) is 5.91 Å². The third-order valence-corrected chi connectivity index (χ3v) is 3.80. The molecule has 4 heteroatoms. The van der Waals surface area contributed by atoms with Crippen LogP contribution in [0.3, 0.4) is 0 Å². The number of carbonyl (C=O) groups is 1. The van der Waals surface area contributed by atoms with E-state index < -0.39 is 0 Å². The fourth-order valence-corrected chi connectivity index (χ4v) is 2.66. The summed E-state index contributed by atoms with van der Waals surface area (Å²) in [7, 11) is 1.70. The Morgan fingerprint density at radius 2 is 2.22 bits per heavy atom. The van der Waals surface area contributed by atoms with Crippen LogP contribution in [0.25, 0.3) is 0 Å². The van der Waals surface area contributed by atoms with Gasteiger partial charge in [-0.05, 0) is 44.8 Å². The van der Waals surface area contributed by atoms with Crippen LogP contribution in [-0.2, 0) is 4.79 Å². The van der Waals surface area contributed by atoms with Gasteiger partial charge in [-0.1, -0.05) is 13.8 Å².